The van der Waals surface area contributed by atoms with Gasteiger partial charge in [0.25, 0.3) is 5.69 Å². The molecular formula is C20H23N3O5S. The summed E-state index contributed by atoms with van der Waals surface area (Å²) in [6, 6.07) is 15.1. The first-order valence-electron chi connectivity index (χ1n) is 9.37. The summed E-state index contributed by atoms with van der Waals surface area (Å²) in [6.07, 6.45) is 0.348. The summed E-state index contributed by atoms with van der Waals surface area (Å²) in [5.74, 6) is 0.0431. The van der Waals surface area contributed by atoms with Crippen LogP contribution in [0.5, 0.6) is 0 Å². The predicted molar refractivity (Wildman–Crippen MR) is 108 cm³/mol. The van der Waals surface area contributed by atoms with Crippen LogP contribution in [0.15, 0.2) is 59.5 Å². The third kappa shape index (κ3) is 4.63. The highest BCUT2D eigenvalue weighted by Crippen LogP contribution is 2.27. The molecule has 1 unspecified atom stereocenters. The van der Waals surface area contributed by atoms with Crippen LogP contribution in [0.2, 0.25) is 0 Å². The number of hydrogen-bond donors (Lipinski definition) is 0. The van der Waals surface area contributed by atoms with E-state index < -0.39 is 20.6 Å². The van der Waals surface area contributed by atoms with Crippen molar-refractivity contribution in [1.29, 1.82) is 0 Å². The lowest BCUT2D eigenvalue weighted by molar-refractivity contribution is -0.387. The molecule has 1 heterocycles. The number of carbonyl (C=O) groups is 1. The largest absolute Gasteiger partial charge is 0.340 e. The summed E-state index contributed by atoms with van der Waals surface area (Å²) < 4.78 is 26.9. The van der Waals surface area contributed by atoms with Crippen LogP contribution in [0.4, 0.5) is 5.69 Å². The molecule has 0 spiro atoms. The zero-order valence-corrected chi connectivity index (χ0v) is 16.9. The fraction of sp³-hybridized carbons (Fsp3) is 0.350. The summed E-state index contributed by atoms with van der Waals surface area (Å²) in [6.45, 7) is 2.74. The molecule has 154 valence electrons. The maximum absolute atomic E-state index is 12.9. The average Bonchev–Trinajstić information content (AvgIpc) is 2.74. The molecule has 0 aliphatic carbocycles. The van der Waals surface area contributed by atoms with Crippen LogP contribution in [0.25, 0.3) is 0 Å². The highest BCUT2D eigenvalue weighted by molar-refractivity contribution is 7.89. The van der Waals surface area contributed by atoms with Gasteiger partial charge in [-0.2, -0.15) is 4.31 Å². The van der Waals surface area contributed by atoms with E-state index in [-0.39, 0.29) is 42.9 Å². The third-order valence-electron chi connectivity index (χ3n) is 5.12. The molecule has 1 aliphatic rings. The normalized spacial score (nSPS) is 16.4. The lowest BCUT2D eigenvalue weighted by Gasteiger charge is -2.34. The Hall–Kier alpha value is -2.78. The van der Waals surface area contributed by atoms with Crippen molar-refractivity contribution < 1.29 is 18.1 Å². The van der Waals surface area contributed by atoms with Crippen LogP contribution < -0.4 is 0 Å². The fourth-order valence-electron chi connectivity index (χ4n) is 3.43. The van der Waals surface area contributed by atoms with E-state index >= 15 is 0 Å². The molecule has 1 atom stereocenters. The van der Waals surface area contributed by atoms with Crippen molar-refractivity contribution in [3.8, 4) is 0 Å². The molecule has 0 bridgehead atoms. The van der Waals surface area contributed by atoms with E-state index in [9.17, 15) is 23.3 Å². The van der Waals surface area contributed by atoms with Crippen molar-refractivity contribution >= 4 is 21.6 Å². The minimum absolute atomic E-state index is 0.0240. The topological polar surface area (TPSA) is 101 Å². The van der Waals surface area contributed by atoms with Crippen LogP contribution in [-0.2, 0) is 14.8 Å². The molecule has 1 aliphatic heterocycles. The minimum atomic E-state index is -4.00. The van der Waals surface area contributed by atoms with E-state index in [2.05, 4.69) is 0 Å². The Morgan fingerprint density at radius 2 is 1.62 bits per heavy atom. The van der Waals surface area contributed by atoms with Crippen LogP contribution >= 0.6 is 0 Å². The first kappa shape index (κ1) is 20.9. The van der Waals surface area contributed by atoms with Gasteiger partial charge in [-0.05, 0) is 17.5 Å². The number of piperazine rings is 1. The third-order valence-corrected chi connectivity index (χ3v) is 7.07. The highest BCUT2D eigenvalue weighted by Gasteiger charge is 2.34. The van der Waals surface area contributed by atoms with Crippen LogP contribution in [0, 0.1) is 10.1 Å². The lowest BCUT2D eigenvalue weighted by Crippen LogP contribution is -2.50. The first-order valence-corrected chi connectivity index (χ1v) is 10.8. The van der Waals surface area contributed by atoms with Crippen molar-refractivity contribution in [2.24, 2.45) is 0 Å². The van der Waals surface area contributed by atoms with E-state index in [0.29, 0.717) is 6.42 Å². The second-order valence-electron chi connectivity index (χ2n) is 7.03. The number of hydrogen-bond acceptors (Lipinski definition) is 5. The van der Waals surface area contributed by atoms with Gasteiger partial charge >= 0.3 is 0 Å². The Labute approximate surface area is 169 Å². The Morgan fingerprint density at radius 1 is 1.03 bits per heavy atom. The number of carbonyl (C=O) groups excluding carboxylic acids is 1. The number of sulfonamides is 1. The fourth-order valence-corrected chi connectivity index (χ4v) is 5.01. The number of amides is 1. The zero-order valence-electron chi connectivity index (χ0n) is 16.1. The second-order valence-corrected chi connectivity index (χ2v) is 8.93. The van der Waals surface area contributed by atoms with Crippen molar-refractivity contribution in [3.05, 3.63) is 70.3 Å². The number of nitro benzene ring substituents is 1. The maximum atomic E-state index is 12.9. The first-order chi connectivity index (χ1) is 13.8. The molecule has 0 radical (unpaired) electrons. The van der Waals surface area contributed by atoms with Crippen molar-refractivity contribution in [1.82, 2.24) is 9.21 Å². The number of benzene rings is 2. The molecule has 8 nitrogen and oxygen atoms in total. The van der Waals surface area contributed by atoms with Gasteiger partial charge in [-0.1, -0.05) is 49.4 Å². The smallest absolute Gasteiger partial charge is 0.289 e. The van der Waals surface area contributed by atoms with E-state index in [4.69, 9.17) is 0 Å². The van der Waals surface area contributed by atoms with Gasteiger partial charge in [-0.15, -0.1) is 0 Å². The molecular weight excluding hydrogens is 394 g/mol. The highest BCUT2D eigenvalue weighted by atomic mass is 32.2. The van der Waals surface area contributed by atoms with Crippen molar-refractivity contribution in [3.63, 3.8) is 0 Å². The quantitative estimate of drug-likeness (QED) is 0.531. The summed E-state index contributed by atoms with van der Waals surface area (Å²) in [7, 11) is -4.00. The van der Waals surface area contributed by atoms with E-state index in [1.54, 1.807) is 4.90 Å². The SMILES string of the molecule is CC(CC(=O)N1CCN(S(=O)(=O)c2ccccc2[N+](=O)[O-])CC1)c1ccccc1. The molecule has 1 amide bonds. The van der Waals surface area contributed by atoms with Gasteiger partial charge in [-0.3, -0.25) is 14.9 Å². The van der Waals surface area contributed by atoms with Gasteiger partial charge in [0.15, 0.2) is 4.90 Å². The van der Waals surface area contributed by atoms with E-state index in [1.165, 1.54) is 28.6 Å². The molecule has 0 saturated carbocycles. The molecule has 1 fully saturated rings. The molecule has 9 heteroatoms. The number of nitro groups is 1. The number of para-hydroxylation sites is 1. The minimum Gasteiger partial charge on any atom is -0.340 e. The average molecular weight is 417 g/mol. The van der Waals surface area contributed by atoms with Gasteiger partial charge in [-0.25, -0.2) is 8.42 Å². The van der Waals surface area contributed by atoms with E-state index in [0.717, 1.165) is 5.56 Å². The number of nitrogens with zero attached hydrogens (tertiary/aromatic N) is 3. The Bertz CT molecular complexity index is 986. The van der Waals surface area contributed by atoms with Crippen molar-refractivity contribution in [2.75, 3.05) is 26.2 Å². The maximum Gasteiger partial charge on any atom is 0.289 e. The summed E-state index contributed by atoms with van der Waals surface area (Å²) >= 11 is 0. The molecule has 2 aromatic rings. The monoisotopic (exact) mass is 417 g/mol. The molecule has 0 aromatic heterocycles. The van der Waals surface area contributed by atoms with Crippen LogP contribution in [-0.4, -0.2) is 54.6 Å². The van der Waals surface area contributed by atoms with Gasteiger partial charge in [0.05, 0.1) is 4.92 Å². The Morgan fingerprint density at radius 3 is 2.24 bits per heavy atom. The predicted octanol–water partition coefficient (Wildman–Crippen LogP) is 2.62. The van der Waals surface area contributed by atoms with Crippen LogP contribution in [0.1, 0.15) is 24.8 Å². The summed E-state index contributed by atoms with van der Waals surface area (Å²) in [4.78, 5) is 24.4. The summed E-state index contributed by atoms with van der Waals surface area (Å²) in [5, 5.41) is 11.2. The number of rotatable bonds is 6. The zero-order chi connectivity index (χ0) is 21.0. The second kappa shape index (κ2) is 8.71. The molecule has 1 saturated heterocycles. The Kier molecular flexibility index (Phi) is 6.29. The molecule has 2 aromatic carbocycles. The van der Waals surface area contributed by atoms with Gasteiger partial charge in [0, 0.05) is 38.7 Å². The standard InChI is InChI=1S/C20H23N3O5S/c1-16(17-7-3-2-4-8-17)15-20(24)21-11-13-22(14-12-21)29(27,28)19-10-6-5-9-18(19)23(25)26/h2-10,16H,11-15H2,1H3. The molecule has 3 rings (SSSR count). The van der Waals surface area contributed by atoms with Gasteiger partial charge < -0.3 is 4.90 Å². The van der Waals surface area contributed by atoms with Crippen LogP contribution in [0.3, 0.4) is 0 Å². The van der Waals surface area contributed by atoms with Gasteiger partial charge in [0.2, 0.25) is 15.9 Å². The molecule has 0 N–H and O–H groups in total. The summed E-state index contributed by atoms with van der Waals surface area (Å²) in [5.41, 5.74) is 0.640. The van der Waals surface area contributed by atoms with E-state index in [1.807, 2.05) is 37.3 Å². The molecule has 29 heavy (non-hydrogen) atoms. The lowest BCUT2D eigenvalue weighted by atomic mass is 9.97. The van der Waals surface area contributed by atoms with Crippen molar-refractivity contribution in [2.45, 2.75) is 24.2 Å². The van der Waals surface area contributed by atoms with Gasteiger partial charge in [0.1, 0.15) is 0 Å². The Balaban J connectivity index is 1.64.